The van der Waals surface area contributed by atoms with Crippen molar-refractivity contribution in [3.05, 3.63) is 56.8 Å². The summed E-state index contributed by atoms with van der Waals surface area (Å²) in [6.07, 6.45) is 0. The van der Waals surface area contributed by atoms with Gasteiger partial charge in [-0.3, -0.25) is 0 Å². The molecule has 2 aromatic rings. The van der Waals surface area contributed by atoms with Gasteiger partial charge in [0, 0.05) is 10.7 Å². The van der Waals surface area contributed by atoms with E-state index in [-0.39, 0.29) is 10.0 Å². The molecule has 0 heterocycles. The van der Waals surface area contributed by atoms with Crippen LogP contribution in [0.15, 0.2) is 30.3 Å². The van der Waals surface area contributed by atoms with Crippen LogP contribution in [0.2, 0.25) is 15.1 Å². The Morgan fingerprint density at radius 2 is 1.68 bits per heavy atom. The van der Waals surface area contributed by atoms with Crippen molar-refractivity contribution in [1.29, 1.82) is 5.26 Å². The normalized spacial score (nSPS) is 10.1. The highest BCUT2D eigenvalue weighted by atomic mass is 35.5. The van der Waals surface area contributed by atoms with Gasteiger partial charge >= 0.3 is 0 Å². The third-order valence-corrected chi connectivity index (χ3v) is 3.15. The fraction of sp³-hybridized carbons (Fsp3) is 0. The predicted octanol–water partition coefficient (Wildman–Crippen LogP) is 5.40. The smallest absolute Gasteiger partial charge is 0.160 e. The van der Waals surface area contributed by atoms with Crippen molar-refractivity contribution in [2.45, 2.75) is 0 Å². The molecule has 0 aliphatic heterocycles. The van der Waals surface area contributed by atoms with Gasteiger partial charge in [0.15, 0.2) is 5.82 Å². The molecule has 0 aliphatic rings. The number of nitrogens with one attached hydrogen (secondary N) is 1. The van der Waals surface area contributed by atoms with Crippen LogP contribution in [-0.2, 0) is 0 Å². The third kappa shape index (κ3) is 3.10. The number of halogens is 4. The number of nitriles is 1. The van der Waals surface area contributed by atoms with Gasteiger partial charge in [-0.2, -0.15) is 5.26 Å². The maximum atomic E-state index is 13.3. The molecule has 96 valence electrons. The molecular weight excluding hydrogens is 310 g/mol. The Bertz CT molecular complexity index is 657. The van der Waals surface area contributed by atoms with E-state index in [0.29, 0.717) is 22.0 Å². The lowest BCUT2D eigenvalue weighted by Gasteiger charge is -2.10. The molecule has 0 fully saturated rings. The Kier molecular flexibility index (Phi) is 4.16. The summed E-state index contributed by atoms with van der Waals surface area (Å²) in [5.41, 5.74) is 1.37. The Morgan fingerprint density at radius 3 is 2.26 bits per heavy atom. The number of hydrogen-bond donors (Lipinski definition) is 1. The summed E-state index contributed by atoms with van der Waals surface area (Å²) in [6, 6.07) is 9.56. The highest BCUT2D eigenvalue weighted by Crippen LogP contribution is 2.30. The van der Waals surface area contributed by atoms with E-state index < -0.39 is 5.82 Å². The molecule has 1 N–H and O–H groups in total. The molecule has 0 aromatic heterocycles. The molecule has 0 amide bonds. The van der Waals surface area contributed by atoms with Gasteiger partial charge in [0.1, 0.15) is 6.07 Å². The van der Waals surface area contributed by atoms with Crippen LogP contribution in [0.5, 0.6) is 0 Å². The van der Waals surface area contributed by atoms with Gasteiger partial charge in [-0.25, -0.2) is 4.39 Å². The van der Waals surface area contributed by atoms with Gasteiger partial charge in [-0.05, 0) is 30.3 Å². The Labute approximate surface area is 124 Å². The summed E-state index contributed by atoms with van der Waals surface area (Å²) in [5, 5.41) is 12.2. The topological polar surface area (TPSA) is 35.8 Å². The van der Waals surface area contributed by atoms with Gasteiger partial charge in [0.2, 0.25) is 0 Å². The summed E-state index contributed by atoms with van der Waals surface area (Å²) in [6.45, 7) is 0. The lowest BCUT2D eigenvalue weighted by molar-refractivity contribution is 0.629. The van der Waals surface area contributed by atoms with E-state index in [2.05, 4.69) is 5.32 Å². The molecule has 0 unspecified atom stereocenters. The molecule has 0 atom stereocenters. The minimum Gasteiger partial charge on any atom is -0.354 e. The van der Waals surface area contributed by atoms with Gasteiger partial charge in [-0.15, -0.1) is 0 Å². The largest absolute Gasteiger partial charge is 0.354 e. The van der Waals surface area contributed by atoms with Crippen LogP contribution in [0, 0.1) is 17.1 Å². The van der Waals surface area contributed by atoms with Crippen LogP contribution >= 0.6 is 34.8 Å². The molecule has 0 spiro atoms. The zero-order valence-electron chi connectivity index (χ0n) is 9.35. The molecule has 19 heavy (non-hydrogen) atoms. The van der Waals surface area contributed by atoms with Gasteiger partial charge in [-0.1, -0.05) is 34.8 Å². The third-order valence-electron chi connectivity index (χ3n) is 2.36. The van der Waals surface area contributed by atoms with Crippen LogP contribution < -0.4 is 5.32 Å². The minimum absolute atomic E-state index is 0.101. The lowest BCUT2D eigenvalue weighted by atomic mass is 10.2. The summed E-state index contributed by atoms with van der Waals surface area (Å²) in [7, 11) is 0. The Balaban J connectivity index is 2.42. The first kappa shape index (κ1) is 14.0. The molecule has 2 aromatic carbocycles. The average molecular weight is 316 g/mol. The maximum absolute atomic E-state index is 13.3. The van der Waals surface area contributed by atoms with Crippen molar-refractivity contribution in [2.24, 2.45) is 0 Å². The van der Waals surface area contributed by atoms with Crippen molar-refractivity contribution in [1.82, 2.24) is 0 Å². The van der Waals surface area contributed by atoms with Crippen molar-refractivity contribution >= 4 is 46.2 Å². The summed E-state index contributed by atoms with van der Waals surface area (Å²) < 4.78 is 13.3. The van der Waals surface area contributed by atoms with Crippen molar-refractivity contribution in [3.63, 3.8) is 0 Å². The molecule has 2 rings (SSSR count). The SMILES string of the molecule is N#Cc1ccc(Cl)cc1Nc1cc(Cl)c(F)c(Cl)c1. The maximum Gasteiger partial charge on any atom is 0.160 e. The van der Waals surface area contributed by atoms with E-state index in [1.165, 1.54) is 12.1 Å². The number of nitrogens with zero attached hydrogens (tertiary/aromatic N) is 1. The minimum atomic E-state index is -0.680. The quantitative estimate of drug-likeness (QED) is 0.753. The van der Waals surface area contributed by atoms with Gasteiger partial charge < -0.3 is 5.32 Å². The van der Waals surface area contributed by atoms with Crippen molar-refractivity contribution in [2.75, 3.05) is 5.32 Å². The molecular formula is C13H6Cl3FN2. The first-order valence-corrected chi connectivity index (χ1v) is 6.26. The number of rotatable bonds is 2. The van der Waals surface area contributed by atoms with Crippen LogP contribution in [0.25, 0.3) is 0 Å². The van der Waals surface area contributed by atoms with Crippen molar-refractivity contribution < 1.29 is 4.39 Å². The summed E-state index contributed by atoms with van der Waals surface area (Å²) in [4.78, 5) is 0. The molecule has 2 nitrogen and oxygen atoms in total. The van der Waals surface area contributed by atoms with Crippen LogP contribution in [0.1, 0.15) is 5.56 Å². The van der Waals surface area contributed by atoms with Crippen LogP contribution in [0.4, 0.5) is 15.8 Å². The number of anilines is 2. The molecule has 0 radical (unpaired) electrons. The number of hydrogen-bond acceptors (Lipinski definition) is 2. The van der Waals surface area contributed by atoms with E-state index in [9.17, 15) is 4.39 Å². The van der Waals surface area contributed by atoms with E-state index in [0.717, 1.165) is 0 Å². The first-order valence-electron chi connectivity index (χ1n) is 5.12. The van der Waals surface area contributed by atoms with E-state index in [4.69, 9.17) is 40.1 Å². The predicted molar refractivity (Wildman–Crippen MR) is 75.9 cm³/mol. The Hall–Kier alpha value is -1.47. The standard InChI is InChI=1S/C13H6Cl3FN2/c14-8-2-1-7(6-18)12(3-8)19-9-4-10(15)13(17)11(16)5-9/h1-5,19H. The fourth-order valence-corrected chi connectivity index (χ4v) is 2.16. The van der Waals surface area contributed by atoms with E-state index >= 15 is 0 Å². The van der Waals surface area contributed by atoms with Crippen molar-refractivity contribution in [3.8, 4) is 6.07 Å². The highest BCUT2D eigenvalue weighted by molar-refractivity contribution is 6.35. The van der Waals surface area contributed by atoms with E-state index in [1.54, 1.807) is 18.2 Å². The van der Waals surface area contributed by atoms with Gasteiger partial charge in [0.05, 0.1) is 21.3 Å². The zero-order valence-corrected chi connectivity index (χ0v) is 11.6. The Morgan fingerprint density at radius 1 is 1.05 bits per heavy atom. The first-order chi connectivity index (χ1) is 9.01. The molecule has 0 saturated heterocycles. The summed E-state index contributed by atoms with van der Waals surface area (Å²) in [5.74, 6) is -0.680. The monoisotopic (exact) mass is 314 g/mol. The number of benzene rings is 2. The lowest BCUT2D eigenvalue weighted by Crippen LogP contribution is -1.95. The second-order valence-corrected chi connectivity index (χ2v) is 4.93. The second-order valence-electron chi connectivity index (χ2n) is 3.68. The highest BCUT2D eigenvalue weighted by Gasteiger charge is 2.09. The zero-order chi connectivity index (χ0) is 14.0. The molecule has 0 aliphatic carbocycles. The van der Waals surface area contributed by atoms with E-state index in [1.807, 2.05) is 6.07 Å². The van der Waals surface area contributed by atoms with Crippen LogP contribution in [-0.4, -0.2) is 0 Å². The summed E-state index contributed by atoms with van der Waals surface area (Å²) >= 11 is 17.3. The molecule has 0 bridgehead atoms. The second kappa shape index (κ2) is 5.66. The fourth-order valence-electron chi connectivity index (χ4n) is 1.50. The molecule has 6 heteroatoms. The van der Waals surface area contributed by atoms with Crippen LogP contribution in [0.3, 0.4) is 0 Å². The van der Waals surface area contributed by atoms with Gasteiger partial charge in [0.25, 0.3) is 0 Å². The molecule has 0 saturated carbocycles. The average Bonchev–Trinajstić information content (AvgIpc) is 2.36.